The summed E-state index contributed by atoms with van der Waals surface area (Å²) < 4.78 is 23.8. The van der Waals surface area contributed by atoms with Crippen molar-refractivity contribution >= 4 is 21.6 Å². The Kier molecular flexibility index (Phi) is 5.88. The third kappa shape index (κ3) is 4.92. The normalized spacial score (nSPS) is 11.4. The van der Waals surface area contributed by atoms with Crippen LogP contribution in [0.5, 0.6) is 0 Å². The second kappa shape index (κ2) is 8.21. The molecule has 0 fully saturated rings. The van der Waals surface area contributed by atoms with Crippen LogP contribution in [0.1, 0.15) is 38.3 Å². The Morgan fingerprint density at radius 1 is 1.03 bits per heavy atom. The molecule has 1 amide bonds. The molecule has 0 unspecified atom stereocenters. The minimum absolute atomic E-state index is 0.131. The number of aryl methyl sites for hydroxylation is 4. The summed E-state index contributed by atoms with van der Waals surface area (Å²) in [6.07, 6.45) is 2.78. The fourth-order valence-corrected chi connectivity index (χ4v) is 3.90. The lowest BCUT2D eigenvalue weighted by atomic mass is 10.0. The van der Waals surface area contributed by atoms with E-state index in [0.717, 1.165) is 35.9 Å². The minimum atomic E-state index is -3.41. The van der Waals surface area contributed by atoms with E-state index in [4.69, 9.17) is 0 Å². The summed E-state index contributed by atoms with van der Waals surface area (Å²) in [6, 6.07) is 13.0. The molecule has 2 aromatic carbocycles. The van der Waals surface area contributed by atoms with Crippen LogP contribution >= 0.6 is 0 Å². The van der Waals surface area contributed by atoms with E-state index in [0.29, 0.717) is 11.4 Å². The number of aromatic nitrogens is 2. The number of H-pyrrole nitrogens is 1. The number of aromatic amines is 1. The van der Waals surface area contributed by atoms with Gasteiger partial charge in [-0.3, -0.25) is 9.89 Å². The molecule has 0 aliphatic heterocycles. The molecule has 29 heavy (non-hydrogen) atoms. The van der Waals surface area contributed by atoms with E-state index in [9.17, 15) is 13.2 Å². The molecule has 0 saturated carbocycles. The van der Waals surface area contributed by atoms with Gasteiger partial charge in [0.15, 0.2) is 15.7 Å². The maximum absolute atomic E-state index is 12.7. The molecular weight excluding hydrogens is 386 g/mol. The van der Waals surface area contributed by atoms with Crippen LogP contribution in [0.15, 0.2) is 47.4 Å². The summed E-state index contributed by atoms with van der Waals surface area (Å²) in [6.45, 7) is 5.68. The Morgan fingerprint density at radius 3 is 2.45 bits per heavy atom. The first-order chi connectivity index (χ1) is 13.6. The highest BCUT2D eigenvalue weighted by Crippen LogP contribution is 2.21. The number of hydrogen-bond acceptors (Lipinski definition) is 4. The zero-order chi connectivity index (χ0) is 21.2. The first-order valence-corrected chi connectivity index (χ1v) is 11.3. The molecular formula is C22H25N3O3S. The van der Waals surface area contributed by atoms with E-state index in [1.807, 2.05) is 12.1 Å². The molecule has 152 valence electrons. The van der Waals surface area contributed by atoms with Gasteiger partial charge in [0.1, 0.15) is 0 Å². The summed E-state index contributed by atoms with van der Waals surface area (Å²) in [5, 5.41) is 9.88. The van der Waals surface area contributed by atoms with Gasteiger partial charge in [0.2, 0.25) is 0 Å². The predicted molar refractivity (Wildman–Crippen MR) is 114 cm³/mol. The maximum Gasteiger partial charge on any atom is 0.257 e. The van der Waals surface area contributed by atoms with Gasteiger partial charge >= 0.3 is 0 Å². The Balaban J connectivity index is 1.74. The van der Waals surface area contributed by atoms with Crippen molar-refractivity contribution in [2.24, 2.45) is 0 Å². The van der Waals surface area contributed by atoms with E-state index in [2.05, 4.69) is 34.6 Å². The molecule has 0 spiro atoms. The van der Waals surface area contributed by atoms with Crippen LogP contribution in [0.25, 0.3) is 0 Å². The highest BCUT2D eigenvalue weighted by molar-refractivity contribution is 7.90. The van der Waals surface area contributed by atoms with Crippen LogP contribution in [0.2, 0.25) is 0 Å². The van der Waals surface area contributed by atoms with Gasteiger partial charge in [-0.15, -0.1) is 0 Å². The summed E-state index contributed by atoms with van der Waals surface area (Å²) in [5.41, 5.74) is 5.26. The van der Waals surface area contributed by atoms with Crippen molar-refractivity contribution in [2.45, 2.75) is 38.5 Å². The van der Waals surface area contributed by atoms with Gasteiger partial charge in [0.25, 0.3) is 5.91 Å². The lowest BCUT2D eigenvalue weighted by molar-refractivity contribution is 0.102. The molecule has 7 heteroatoms. The number of sulfone groups is 1. The average molecular weight is 412 g/mol. The Bertz CT molecular complexity index is 1160. The van der Waals surface area contributed by atoms with Crippen molar-refractivity contribution < 1.29 is 13.2 Å². The Labute approximate surface area is 171 Å². The topological polar surface area (TPSA) is 91.9 Å². The van der Waals surface area contributed by atoms with Crippen molar-refractivity contribution in [1.82, 2.24) is 10.2 Å². The highest BCUT2D eigenvalue weighted by atomic mass is 32.2. The molecule has 2 N–H and O–H groups in total. The molecule has 0 aliphatic carbocycles. The van der Waals surface area contributed by atoms with Gasteiger partial charge in [0, 0.05) is 23.6 Å². The standard InChI is InChI=1S/C22H25N3O3S/c1-14-7-5-6-8-17(14)9-10-18-12-21(25-24-18)23-22(26)20-13-19(29(4,27)28)11-15(2)16(20)3/h5-8,11-13H,9-10H2,1-4H3,(H2,23,24,25,26). The molecule has 0 atom stereocenters. The van der Waals surface area contributed by atoms with Gasteiger partial charge < -0.3 is 5.32 Å². The van der Waals surface area contributed by atoms with Crippen molar-refractivity contribution in [1.29, 1.82) is 0 Å². The third-order valence-electron chi connectivity index (χ3n) is 5.11. The third-order valence-corrected chi connectivity index (χ3v) is 6.20. The molecule has 1 aromatic heterocycles. The zero-order valence-electron chi connectivity index (χ0n) is 17.0. The largest absolute Gasteiger partial charge is 0.305 e. The summed E-state index contributed by atoms with van der Waals surface area (Å²) in [7, 11) is -3.41. The summed E-state index contributed by atoms with van der Waals surface area (Å²) in [4.78, 5) is 12.9. The molecule has 0 radical (unpaired) electrons. The number of hydrogen-bond donors (Lipinski definition) is 2. The number of nitrogens with zero attached hydrogens (tertiary/aromatic N) is 1. The fourth-order valence-electron chi connectivity index (χ4n) is 3.17. The summed E-state index contributed by atoms with van der Waals surface area (Å²) >= 11 is 0. The SMILES string of the molecule is Cc1ccccc1CCc1cc(NC(=O)c2cc(S(C)(=O)=O)cc(C)c2C)n[nH]1. The molecule has 3 aromatic rings. The monoisotopic (exact) mass is 411 g/mol. The first-order valence-electron chi connectivity index (χ1n) is 9.36. The smallest absolute Gasteiger partial charge is 0.257 e. The van der Waals surface area contributed by atoms with Crippen LogP contribution in [-0.2, 0) is 22.7 Å². The van der Waals surface area contributed by atoms with Crippen molar-refractivity contribution in [3.63, 3.8) is 0 Å². The van der Waals surface area contributed by atoms with Crippen LogP contribution < -0.4 is 5.32 Å². The van der Waals surface area contributed by atoms with Gasteiger partial charge in [-0.2, -0.15) is 5.10 Å². The highest BCUT2D eigenvalue weighted by Gasteiger charge is 2.17. The second-order valence-corrected chi connectivity index (χ2v) is 9.36. The Hall–Kier alpha value is -2.93. The Morgan fingerprint density at radius 2 is 1.76 bits per heavy atom. The van der Waals surface area contributed by atoms with Crippen molar-refractivity contribution in [3.8, 4) is 0 Å². The molecule has 0 aliphatic rings. The lowest BCUT2D eigenvalue weighted by Gasteiger charge is -2.11. The first kappa shape index (κ1) is 20.8. The zero-order valence-corrected chi connectivity index (χ0v) is 17.9. The maximum atomic E-state index is 12.7. The number of nitrogens with one attached hydrogen (secondary N) is 2. The summed E-state index contributed by atoms with van der Waals surface area (Å²) in [5.74, 6) is 0.0321. The number of carbonyl (C=O) groups is 1. The van der Waals surface area contributed by atoms with Crippen LogP contribution in [-0.4, -0.2) is 30.8 Å². The van der Waals surface area contributed by atoms with E-state index in [1.54, 1.807) is 26.0 Å². The second-order valence-electron chi connectivity index (χ2n) is 7.34. The molecule has 0 bridgehead atoms. The van der Waals surface area contributed by atoms with Gasteiger partial charge in [-0.1, -0.05) is 24.3 Å². The molecule has 6 nitrogen and oxygen atoms in total. The molecule has 0 saturated heterocycles. The van der Waals surface area contributed by atoms with Crippen LogP contribution in [0, 0.1) is 20.8 Å². The van der Waals surface area contributed by atoms with Gasteiger partial charge in [0.05, 0.1) is 4.90 Å². The number of amides is 1. The van der Waals surface area contributed by atoms with Crippen molar-refractivity contribution in [2.75, 3.05) is 11.6 Å². The number of anilines is 1. The average Bonchev–Trinajstić information content (AvgIpc) is 3.09. The van der Waals surface area contributed by atoms with Crippen molar-refractivity contribution in [3.05, 3.63) is 76.0 Å². The van der Waals surface area contributed by atoms with Gasteiger partial charge in [-0.05, 0) is 68.0 Å². The predicted octanol–water partition coefficient (Wildman–Crippen LogP) is 3.78. The van der Waals surface area contributed by atoms with E-state index >= 15 is 0 Å². The van der Waals surface area contributed by atoms with E-state index < -0.39 is 9.84 Å². The van der Waals surface area contributed by atoms with E-state index in [-0.39, 0.29) is 10.8 Å². The van der Waals surface area contributed by atoms with Crippen LogP contribution in [0.4, 0.5) is 5.82 Å². The van der Waals surface area contributed by atoms with Crippen LogP contribution in [0.3, 0.4) is 0 Å². The number of benzene rings is 2. The molecule has 1 heterocycles. The van der Waals surface area contributed by atoms with Gasteiger partial charge in [-0.25, -0.2) is 8.42 Å². The molecule has 3 rings (SSSR count). The fraction of sp³-hybridized carbons (Fsp3) is 0.273. The van der Waals surface area contributed by atoms with E-state index in [1.165, 1.54) is 17.2 Å². The quantitative estimate of drug-likeness (QED) is 0.646. The number of rotatable bonds is 6. The minimum Gasteiger partial charge on any atom is -0.305 e. The number of carbonyl (C=O) groups excluding carboxylic acids is 1. The lowest BCUT2D eigenvalue weighted by Crippen LogP contribution is -2.15.